The van der Waals surface area contributed by atoms with E-state index in [4.69, 9.17) is 14.2 Å². The fraction of sp³-hybridized carbons (Fsp3) is 0.957. The lowest BCUT2D eigenvalue weighted by molar-refractivity contribution is -0.167. The summed E-state index contributed by atoms with van der Waals surface area (Å²) in [5.74, 6) is 0.979. The number of hydrogen-bond donors (Lipinski definition) is 0. The first-order valence-electron chi connectivity index (χ1n) is 34.3. The summed E-state index contributed by atoms with van der Waals surface area (Å²) in [5, 5.41) is 0. The Balaban J connectivity index is 4.28. The molecular formula is C69H134O6. The molecule has 0 rings (SSSR count). The lowest BCUT2D eigenvalue weighted by Gasteiger charge is -2.18. The average molecular weight is 1060 g/mol. The fourth-order valence-electron chi connectivity index (χ4n) is 10.8. The van der Waals surface area contributed by atoms with Crippen molar-refractivity contribution in [2.75, 3.05) is 13.2 Å². The molecule has 6 nitrogen and oxygen atoms in total. The fourth-order valence-corrected chi connectivity index (χ4v) is 10.8. The SMILES string of the molecule is CCCCCCCCCCCCCCCCCCCC(=O)OC[C@H](COC(=O)CCCCCCCCCCCCCCCCC(C)CC)OC(=O)CCCCCCCCCCCCCCCCCCCCC(C)CC. The normalized spacial score (nSPS) is 12.8. The molecule has 0 saturated heterocycles. The zero-order chi connectivity index (χ0) is 54.6. The van der Waals surface area contributed by atoms with E-state index in [0.29, 0.717) is 19.3 Å². The standard InChI is InChI=1S/C69H134O6/c1-6-9-10-11-12-13-14-15-16-19-23-29-34-39-44-49-54-59-67(70)73-62-66(63-74-68(71)60-55-50-45-40-35-30-26-25-28-33-38-43-48-53-58-65(5)8-3)75-69(72)61-56-51-46-41-36-31-24-21-18-17-20-22-27-32-37-42-47-52-57-64(4)7-2/h64-66H,6-63H2,1-5H3/t64?,65?,66-/m1/s1. The smallest absolute Gasteiger partial charge is 0.306 e. The largest absolute Gasteiger partial charge is 0.462 e. The van der Waals surface area contributed by atoms with Gasteiger partial charge in [0.15, 0.2) is 6.10 Å². The van der Waals surface area contributed by atoms with Crippen LogP contribution in [0.2, 0.25) is 0 Å². The second-order valence-electron chi connectivity index (χ2n) is 24.3. The van der Waals surface area contributed by atoms with Crippen molar-refractivity contribution in [2.24, 2.45) is 11.8 Å². The van der Waals surface area contributed by atoms with Crippen LogP contribution in [0.4, 0.5) is 0 Å². The Morgan fingerprint density at radius 2 is 0.467 bits per heavy atom. The zero-order valence-electron chi connectivity index (χ0n) is 51.7. The molecule has 0 aromatic heterocycles. The molecule has 0 amide bonds. The molecule has 0 fully saturated rings. The summed E-state index contributed by atoms with van der Waals surface area (Å²) in [6.07, 6.45) is 69.5. The molecule has 75 heavy (non-hydrogen) atoms. The molecule has 0 aliphatic carbocycles. The Morgan fingerprint density at radius 3 is 0.693 bits per heavy atom. The van der Waals surface area contributed by atoms with Gasteiger partial charge in [-0.05, 0) is 31.1 Å². The third kappa shape index (κ3) is 59.9. The van der Waals surface area contributed by atoms with Crippen molar-refractivity contribution < 1.29 is 28.6 Å². The Morgan fingerprint density at radius 1 is 0.267 bits per heavy atom. The lowest BCUT2D eigenvalue weighted by Crippen LogP contribution is -2.30. The van der Waals surface area contributed by atoms with Crippen LogP contribution in [0.1, 0.15) is 394 Å². The maximum Gasteiger partial charge on any atom is 0.306 e. The average Bonchev–Trinajstić information content (AvgIpc) is 3.41. The second kappa shape index (κ2) is 61.6. The van der Waals surface area contributed by atoms with Gasteiger partial charge in [-0.25, -0.2) is 0 Å². The molecule has 0 N–H and O–H groups in total. The first kappa shape index (κ1) is 73.4. The van der Waals surface area contributed by atoms with Gasteiger partial charge in [0.25, 0.3) is 0 Å². The van der Waals surface area contributed by atoms with Gasteiger partial charge < -0.3 is 14.2 Å². The molecule has 0 bridgehead atoms. The van der Waals surface area contributed by atoms with E-state index in [-0.39, 0.29) is 31.1 Å². The van der Waals surface area contributed by atoms with Crippen LogP contribution in [0, 0.1) is 11.8 Å². The van der Waals surface area contributed by atoms with Gasteiger partial charge in [0.1, 0.15) is 13.2 Å². The molecule has 0 aliphatic heterocycles. The Labute approximate surface area is 469 Å². The van der Waals surface area contributed by atoms with E-state index in [1.54, 1.807) is 0 Å². The Hall–Kier alpha value is -1.59. The molecule has 446 valence electrons. The minimum absolute atomic E-state index is 0.0613. The monoisotopic (exact) mass is 1060 g/mol. The van der Waals surface area contributed by atoms with Crippen molar-refractivity contribution >= 4 is 17.9 Å². The third-order valence-electron chi connectivity index (χ3n) is 16.7. The molecule has 0 radical (unpaired) electrons. The number of rotatable bonds is 63. The molecule has 0 aromatic carbocycles. The van der Waals surface area contributed by atoms with E-state index in [1.165, 1.54) is 283 Å². The van der Waals surface area contributed by atoms with E-state index < -0.39 is 6.10 Å². The van der Waals surface area contributed by atoms with Crippen molar-refractivity contribution in [3.63, 3.8) is 0 Å². The van der Waals surface area contributed by atoms with Crippen molar-refractivity contribution in [1.29, 1.82) is 0 Å². The second-order valence-corrected chi connectivity index (χ2v) is 24.3. The number of esters is 3. The molecule has 2 unspecified atom stereocenters. The summed E-state index contributed by atoms with van der Waals surface area (Å²) >= 11 is 0. The summed E-state index contributed by atoms with van der Waals surface area (Å²) in [6, 6.07) is 0. The van der Waals surface area contributed by atoms with Crippen LogP contribution in [0.15, 0.2) is 0 Å². The van der Waals surface area contributed by atoms with Gasteiger partial charge >= 0.3 is 17.9 Å². The molecule has 0 saturated carbocycles. The third-order valence-corrected chi connectivity index (χ3v) is 16.7. The number of carbonyl (C=O) groups excluding carboxylic acids is 3. The van der Waals surface area contributed by atoms with E-state index in [2.05, 4.69) is 34.6 Å². The molecule has 3 atom stereocenters. The zero-order valence-corrected chi connectivity index (χ0v) is 51.7. The molecule has 0 aliphatic rings. The number of carbonyl (C=O) groups is 3. The van der Waals surface area contributed by atoms with Crippen LogP contribution in [-0.2, 0) is 28.6 Å². The minimum Gasteiger partial charge on any atom is -0.462 e. The van der Waals surface area contributed by atoms with Gasteiger partial charge in [-0.2, -0.15) is 0 Å². The highest BCUT2D eigenvalue weighted by atomic mass is 16.6. The number of unbranched alkanes of at least 4 members (excludes halogenated alkanes) is 46. The highest BCUT2D eigenvalue weighted by Gasteiger charge is 2.20. The highest BCUT2D eigenvalue weighted by Crippen LogP contribution is 2.20. The summed E-state index contributed by atoms with van der Waals surface area (Å²) in [4.78, 5) is 38.4. The van der Waals surface area contributed by atoms with E-state index >= 15 is 0 Å². The summed E-state index contributed by atoms with van der Waals surface area (Å²) < 4.78 is 17.0. The van der Waals surface area contributed by atoms with Crippen molar-refractivity contribution in [3.05, 3.63) is 0 Å². The summed E-state index contributed by atoms with van der Waals surface area (Å²) in [7, 11) is 0. The maximum atomic E-state index is 12.9. The Kier molecular flexibility index (Phi) is 60.3. The van der Waals surface area contributed by atoms with Crippen molar-refractivity contribution in [3.8, 4) is 0 Å². The summed E-state index contributed by atoms with van der Waals surface area (Å²) in [5.41, 5.74) is 0. The van der Waals surface area contributed by atoms with Crippen LogP contribution in [0.3, 0.4) is 0 Å². The van der Waals surface area contributed by atoms with E-state index in [1.807, 2.05) is 0 Å². The van der Waals surface area contributed by atoms with Crippen LogP contribution in [0.25, 0.3) is 0 Å². The number of hydrogen-bond acceptors (Lipinski definition) is 6. The van der Waals surface area contributed by atoms with Gasteiger partial charge in [0, 0.05) is 19.3 Å². The molecule has 0 aromatic rings. The molecule has 0 spiro atoms. The van der Waals surface area contributed by atoms with Crippen LogP contribution in [-0.4, -0.2) is 37.2 Å². The number of ether oxygens (including phenoxy) is 3. The molecular weight excluding hydrogens is 925 g/mol. The topological polar surface area (TPSA) is 78.9 Å². The van der Waals surface area contributed by atoms with Gasteiger partial charge in [0.05, 0.1) is 0 Å². The lowest BCUT2D eigenvalue weighted by atomic mass is 9.99. The van der Waals surface area contributed by atoms with Gasteiger partial charge in [-0.3, -0.25) is 14.4 Å². The van der Waals surface area contributed by atoms with Crippen molar-refractivity contribution in [1.82, 2.24) is 0 Å². The first-order valence-corrected chi connectivity index (χ1v) is 34.3. The minimum atomic E-state index is -0.764. The predicted molar refractivity (Wildman–Crippen MR) is 326 cm³/mol. The van der Waals surface area contributed by atoms with Gasteiger partial charge in [-0.15, -0.1) is 0 Å². The van der Waals surface area contributed by atoms with Crippen LogP contribution in [0.5, 0.6) is 0 Å². The summed E-state index contributed by atoms with van der Waals surface area (Å²) in [6.45, 7) is 11.5. The Bertz CT molecular complexity index is 1160. The maximum absolute atomic E-state index is 12.9. The predicted octanol–water partition coefficient (Wildman–Crippen LogP) is 23.2. The van der Waals surface area contributed by atoms with Crippen LogP contribution >= 0.6 is 0 Å². The van der Waals surface area contributed by atoms with Crippen LogP contribution < -0.4 is 0 Å². The van der Waals surface area contributed by atoms with E-state index in [0.717, 1.165) is 69.6 Å². The molecule has 0 heterocycles. The van der Waals surface area contributed by atoms with Crippen molar-refractivity contribution in [2.45, 2.75) is 400 Å². The van der Waals surface area contributed by atoms with Gasteiger partial charge in [-0.1, -0.05) is 356 Å². The first-order chi connectivity index (χ1) is 36.8. The quantitative estimate of drug-likeness (QED) is 0.0343. The van der Waals surface area contributed by atoms with E-state index in [9.17, 15) is 14.4 Å². The van der Waals surface area contributed by atoms with Gasteiger partial charge in [0.2, 0.25) is 0 Å². The molecule has 6 heteroatoms. The highest BCUT2D eigenvalue weighted by molar-refractivity contribution is 5.71.